The second-order valence-corrected chi connectivity index (χ2v) is 4.66. The molecule has 3 N–H and O–H groups in total. The van der Waals surface area contributed by atoms with Gasteiger partial charge >= 0.3 is 0 Å². The van der Waals surface area contributed by atoms with E-state index >= 15 is 0 Å². The zero-order valence-electron chi connectivity index (χ0n) is 11.0. The SMILES string of the molecule is Nc1ccc(-c2ccccc2)c(-c2ccccc2)c1O. The minimum atomic E-state index is 0.137. The van der Waals surface area contributed by atoms with Crippen molar-refractivity contribution in [3.8, 4) is 28.0 Å². The highest BCUT2D eigenvalue weighted by Gasteiger charge is 2.14. The van der Waals surface area contributed by atoms with Gasteiger partial charge in [-0.05, 0) is 22.8 Å². The first-order chi connectivity index (χ1) is 9.77. The maximum atomic E-state index is 10.4. The van der Waals surface area contributed by atoms with Crippen LogP contribution in [0.2, 0.25) is 0 Å². The van der Waals surface area contributed by atoms with Crippen LogP contribution in [0.25, 0.3) is 22.3 Å². The van der Waals surface area contributed by atoms with Crippen LogP contribution in [-0.4, -0.2) is 5.11 Å². The summed E-state index contributed by atoms with van der Waals surface area (Å²) in [6.45, 7) is 0. The molecular formula is C18H15NO. The number of rotatable bonds is 2. The zero-order valence-corrected chi connectivity index (χ0v) is 11.0. The maximum Gasteiger partial charge on any atom is 0.146 e. The highest BCUT2D eigenvalue weighted by atomic mass is 16.3. The van der Waals surface area contributed by atoms with E-state index in [9.17, 15) is 5.11 Å². The van der Waals surface area contributed by atoms with E-state index in [0.717, 1.165) is 22.3 Å². The fourth-order valence-electron chi connectivity index (χ4n) is 2.36. The van der Waals surface area contributed by atoms with Gasteiger partial charge in [0.15, 0.2) is 0 Å². The van der Waals surface area contributed by atoms with Gasteiger partial charge in [0.1, 0.15) is 5.75 Å². The lowest BCUT2D eigenvalue weighted by molar-refractivity contribution is 0.480. The number of nitrogens with two attached hydrogens (primary N) is 1. The van der Waals surface area contributed by atoms with Crippen molar-refractivity contribution in [3.05, 3.63) is 72.8 Å². The molecule has 2 heteroatoms. The minimum Gasteiger partial charge on any atom is -0.505 e. The van der Waals surface area contributed by atoms with Gasteiger partial charge in [0.25, 0.3) is 0 Å². The highest BCUT2D eigenvalue weighted by Crippen LogP contribution is 2.41. The Balaban J connectivity index is 2.29. The molecule has 0 aliphatic rings. The van der Waals surface area contributed by atoms with Crippen molar-refractivity contribution < 1.29 is 5.11 Å². The average Bonchev–Trinajstić information content (AvgIpc) is 2.51. The van der Waals surface area contributed by atoms with Crippen molar-refractivity contribution in [2.75, 3.05) is 5.73 Å². The predicted molar refractivity (Wildman–Crippen MR) is 83.4 cm³/mol. The van der Waals surface area contributed by atoms with Crippen molar-refractivity contribution in [2.45, 2.75) is 0 Å². The Labute approximate surface area is 118 Å². The van der Waals surface area contributed by atoms with E-state index in [-0.39, 0.29) is 5.75 Å². The average molecular weight is 261 g/mol. The van der Waals surface area contributed by atoms with Gasteiger partial charge in [-0.3, -0.25) is 0 Å². The molecule has 0 spiro atoms. The lowest BCUT2D eigenvalue weighted by Gasteiger charge is -2.14. The number of hydrogen-bond acceptors (Lipinski definition) is 2. The Kier molecular flexibility index (Phi) is 3.13. The van der Waals surface area contributed by atoms with Crippen molar-refractivity contribution >= 4 is 5.69 Å². The molecule has 0 aliphatic carbocycles. The molecule has 0 fully saturated rings. The lowest BCUT2D eigenvalue weighted by Crippen LogP contribution is -1.91. The summed E-state index contributed by atoms with van der Waals surface area (Å²) in [5.74, 6) is 0.137. The van der Waals surface area contributed by atoms with E-state index in [1.165, 1.54) is 0 Å². The molecule has 0 saturated heterocycles. The molecule has 0 bridgehead atoms. The van der Waals surface area contributed by atoms with Crippen LogP contribution in [0.5, 0.6) is 5.75 Å². The van der Waals surface area contributed by atoms with Crippen LogP contribution in [0.1, 0.15) is 0 Å². The summed E-state index contributed by atoms with van der Waals surface area (Å²) in [6, 6.07) is 23.5. The third-order valence-electron chi connectivity index (χ3n) is 3.36. The number of nitrogen functional groups attached to an aromatic ring is 1. The van der Waals surface area contributed by atoms with Gasteiger partial charge < -0.3 is 10.8 Å². The van der Waals surface area contributed by atoms with Crippen LogP contribution in [0.3, 0.4) is 0 Å². The molecule has 0 aromatic heterocycles. The Morgan fingerprint density at radius 2 is 1.20 bits per heavy atom. The molecule has 2 nitrogen and oxygen atoms in total. The molecule has 0 unspecified atom stereocenters. The van der Waals surface area contributed by atoms with Crippen LogP contribution < -0.4 is 5.73 Å². The summed E-state index contributed by atoms with van der Waals surface area (Å²) in [5, 5.41) is 10.4. The second-order valence-electron chi connectivity index (χ2n) is 4.66. The van der Waals surface area contributed by atoms with Gasteiger partial charge in [-0.2, -0.15) is 0 Å². The first kappa shape index (κ1) is 12.3. The second kappa shape index (κ2) is 5.10. The van der Waals surface area contributed by atoms with Crippen molar-refractivity contribution in [3.63, 3.8) is 0 Å². The number of hydrogen-bond donors (Lipinski definition) is 2. The van der Waals surface area contributed by atoms with E-state index in [0.29, 0.717) is 5.69 Å². The molecule has 98 valence electrons. The summed E-state index contributed by atoms with van der Waals surface area (Å²) in [6.07, 6.45) is 0. The summed E-state index contributed by atoms with van der Waals surface area (Å²) in [5.41, 5.74) is 10.0. The molecule has 0 amide bonds. The third kappa shape index (κ3) is 2.12. The first-order valence-corrected chi connectivity index (χ1v) is 6.49. The van der Waals surface area contributed by atoms with Crippen LogP contribution >= 0.6 is 0 Å². The Morgan fingerprint density at radius 3 is 1.80 bits per heavy atom. The van der Waals surface area contributed by atoms with Gasteiger partial charge in [0.2, 0.25) is 0 Å². The molecule has 0 aliphatic heterocycles. The Bertz CT molecular complexity index is 721. The van der Waals surface area contributed by atoms with Gasteiger partial charge in [0, 0.05) is 5.56 Å². The predicted octanol–water partition coefficient (Wildman–Crippen LogP) is 4.31. The smallest absolute Gasteiger partial charge is 0.146 e. The van der Waals surface area contributed by atoms with E-state index in [4.69, 9.17) is 5.73 Å². The summed E-state index contributed by atoms with van der Waals surface area (Å²) < 4.78 is 0. The molecule has 20 heavy (non-hydrogen) atoms. The quantitative estimate of drug-likeness (QED) is 0.533. The molecule has 0 radical (unpaired) electrons. The van der Waals surface area contributed by atoms with Crippen LogP contribution in [0.4, 0.5) is 5.69 Å². The molecule has 3 aromatic carbocycles. The molecule has 0 atom stereocenters. The van der Waals surface area contributed by atoms with E-state index in [2.05, 4.69) is 0 Å². The number of phenolic OH excluding ortho intramolecular Hbond substituents is 1. The maximum absolute atomic E-state index is 10.4. The Hall–Kier alpha value is -2.74. The van der Waals surface area contributed by atoms with Gasteiger partial charge in [-0.15, -0.1) is 0 Å². The van der Waals surface area contributed by atoms with Crippen LogP contribution in [0.15, 0.2) is 72.8 Å². The summed E-state index contributed by atoms with van der Waals surface area (Å²) in [7, 11) is 0. The van der Waals surface area contributed by atoms with Crippen LogP contribution in [-0.2, 0) is 0 Å². The monoisotopic (exact) mass is 261 g/mol. The molecule has 3 rings (SSSR count). The molecular weight excluding hydrogens is 246 g/mol. The number of benzene rings is 3. The van der Waals surface area contributed by atoms with E-state index in [1.807, 2.05) is 66.7 Å². The summed E-state index contributed by atoms with van der Waals surface area (Å²) in [4.78, 5) is 0. The van der Waals surface area contributed by atoms with Gasteiger partial charge in [-0.1, -0.05) is 66.7 Å². The number of anilines is 1. The normalized spacial score (nSPS) is 10.4. The van der Waals surface area contributed by atoms with E-state index < -0.39 is 0 Å². The largest absolute Gasteiger partial charge is 0.505 e. The van der Waals surface area contributed by atoms with Crippen molar-refractivity contribution in [1.82, 2.24) is 0 Å². The fourth-order valence-corrected chi connectivity index (χ4v) is 2.36. The summed E-state index contributed by atoms with van der Waals surface area (Å²) >= 11 is 0. The Morgan fingerprint density at radius 1 is 0.650 bits per heavy atom. The topological polar surface area (TPSA) is 46.2 Å². The number of phenols is 1. The van der Waals surface area contributed by atoms with Gasteiger partial charge in [-0.25, -0.2) is 0 Å². The molecule has 0 saturated carbocycles. The van der Waals surface area contributed by atoms with E-state index in [1.54, 1.807) is 6.07 Å². The van der Waals surface area contributed by atoms with Crippen molar-refractivity contribution in [1.29, 1.82) is 0 Å². The molecule has 3 aromatic rings. The minimum absolute atomic E-state index is 0.137. The fraction of sp³-hybridized carbons (Fsp3) is 0. The molecule has 0 heterocycles. The van der Waals surface area contributed by atoms with Crippen LogP contribution in [0, 0.1) is 0 Å². The highest BCUT2D eigenvalue weighted by molar-refractivity contribution is 5.90. The standard InChI is InChI=1S/C18H15NO/c19-16-12-11-15(13-7-3-1-4-8-13)17(18(16)20)14-9-5-2-6-10-14/h1-12,20H,19H2. The van der Waals surface area contributed by atoms with Gasteiger partial charge in [0.05, 0.1) is 5.69 Å². The lowest BCUT2D eigenvalue weighted by atomic mass is 9.93. The number of aromatic hydroxyl groups is 1. The van der Waals surface area contributed by atoms with Crippen molar-refractivity contribution in [2.24, 2.45) is 0 Å². The zero-order chi connectivity index (χ0) is 13.9. The third-order valence-corrected chi connectivity index (χ3v) is 3.36. The first-order valence-electron chi connectivity index (χ1n) is 6.49.